The fraction of sp³-hybridized carbons (Fsp3) is 0.471. The molecular weight excluding hydrogens is 294 g/mol. The maximum absolute atomic E-state index is 11.9. The van der Waals surface area contributed by atoms with E-state index in [1.54, 1.807) is 52.0 Å². The third-order valence-electron chi connectivity index (χ3n) is 3.17. The van der Waals surface area contributed by atoms with Crippen LogP contribution in [0, 0.1) is 5.41 Å². The standard InChI is InChI=1S/C17H25N3O3/c1-12(20-16(23)17(2,3)4)14(21)18-10-11-19-15(22)13-8-6-5-7-9-13/h5-9,12H,10-11H2,1-4H3,(H,18,21)(H,19,22)(H,20,23)/t12-/m1/s1. The molecule has 0 heterocycles. The summed E-state index contributed by atoms with van der Waals surface area (Å²) >= 11 is 0. The first-order chi connectivity index (χ1) is 10.7. The number of rotatable bonds is 6. The monoisotopic (exact) mass is 319 g/mol. The predicted octanol–water partition coefficient (Wildman–Crippen LogP) is 1.08. The van der Waals surface area contributed by atoms with Gasteiger partial charge in [-0.25, -0.2) is 0 Å². The molecule has 0 aromatic heterocycles. The lowest BCUT2D eigenvalue weighted by Gasteiger charge is -2.21. The Hall–Kier alpha value is -2.37. The van der Waals surface area contributed by atoms with E-state index >= 15 is 0 Å². The summed E-state index contributed by atoms with van der Waals surface area (Å²) in [6.45, 7) is 7.60. The summed E-state index contributed by atoms with van der Waals surface area (Å²) < 4.78 is 0. The van der Waals surface area contributed by atoms with Crippen LogP contribution < -0.4 is 16.0 Å². The van der Waals surface area contributed by atoms with E-state index in [2.05, 4.69) is 16.0 Å². The molecule has 3 amide bonds. The highest BCUT2D eigenvalue weighted by molar-refractivity contribution is 5.94. The summed E-state index contributed by atoms with van der Waals surface area (Å²) in [5.74, 6) is -0.650. The number of hydrogen-bond acceptors (Lipinski definition) is 3. The quantitative estimate of drug-likeness (QED) is 0.686. The first kappa shape index (κ1) is 18.7. The minimum absolute atomic E-state index is 0.183. The highest BCUT2D eigenvalue weighted by Gasteiger charge is 2.24. The lowest BCUT2D eigenvalue weighted by molar-refractivity contribution is -0.133. The van der Waals surface area contributed by atoms with E-state index in [-0.39, 0.29) is 17.7 Å². The fourth-order valence-electron chi connectivity index (χ4n) is 1.69. The van der Waals surface area contributed by atoms with E-state index < -0.39 is 11.5 Å². The van der Waals surface area contributed by atoms with E-state index in [1.807, 2.05) is 6.07 Å². The van der Waals surface area contributed by atoms with Crippen molar-refractivity contribution in [3.05, 3.63) is 35.9 Å². The van der Waals surface area contributed by atoms with Crippen LogP contribution in [0.1, 0.15) is 38.1 Å². The van der Waals surface area contributed by atoms with Crippen molar-refractivity contribution in [2.24, 2.45) is 5.41 Å². The van der Waals surface area contributed by atoms with Crippen molar-refractivity contribution in [2.75, 3.05) is 13.1 Å². The molecule has 0 fully saturated rings. The lowest BCUT2D eigenvalue weighted by Crippen LogP contribution is -2.49. The van der Waals surface area contributed by atoms with E-state index in [0.717, 1.165) is 0 Å². The number of nitrogens with one attached hydrogen (secondary N) is 3. The summed E-state index contributed by atoms with van der Waals surface area (Å²) in [7, 11) is 0. The number of benzene rings is 1. The smallest absolute Gasteiger partial charge is 0.251 e. The Bertz CT molecular complexity index is 550. The molecule has 1 aromatic rings. The summed E-state index contributed by atoms with van der Waals surface area (Å²) in [5.41, 5.74) is 0.0303. The highest BCUT2D eigenvalue weighted by Crippen LogP contribution is 2.12. The summed E-state index contributed by atoms with van der Waals surface area (Å²) in [5, 5.41) is 8.05. The van der Waals surface area contributed by atoms with Gasteiger partial charge in [-0.2, -0.15) is 0 Å². The van der Waals surface area contributed by atoms with Gasteiger partial charge in [-0.1, -0.05) is 39.0 Å². The van der Waals surface area contributed by atoms with Crippen LogP contribution in [0.2, 0.25) is 0 Å². The van der Waals surface area contributed by atoms with E-state index in [1.165, 1.54) is 0 Å². The first-order valence-corrected chi connectivity index (χ1v) is 7.63. The van der Waals surface area contributed by atoms with Gasteiger partial charge in [0.05, 0.1) is 0 Å². The number of amides is 3. The molecule has 1 rings (SSSR count). The van der Waals surface area contributed by atoms with Gasteiger partial charge in [-0.05, 0) is 19.1 Å². The van der Waals surface area contributed by atoms with E-state index in [4.69, 9.17) is 0 Å². The second-order valence-corrected chi connectivity index (χ2v) is 6.36. The van der Waals surface area contributed by atoms with Gasteiger partial charge in [0.1, 0.15) is 6.04 Å². The normalized spacial score (nSPS) is 12.2. The van der Waals surface area contributed by atoms with Crippen LogP contribution in [0.4, 0.5) is 0 Å². The molecule has 0 radical (unpaired) electrons. The van der Waals surface area contributed by atoms with Crippen molar-refractivity contribution in [2.45, 2.75) is 33.7 Å². The van der Waals surface area contributed by atoms with Crippen LogP contribution in [0.25, 0.3) is 0 Å². The molecule has 0 saturated carbocycles. The van der Waals surface area contributed by atoms with Crippen LogP contribution in [-0.4, -0.2) is 36.9 Å². The molecule has 126 valence electrons. The van der Waals surface area contributed by atoms with Gasteiger partial charge in [0.2, 0.25) is 11.8 Å². The molecule has 0 aliphatic rings. The Morgan fingerprint density at radius 1 is 1.00 bits per heavy atom. The molecule has 1 aromatic carbocycles. The molecule has 0 unspecified atom stereocenters. The van der Waals surface area contributed by atoms with Crippen LogP contribution in [0.3, 0.4) is 0 Å². The van der Waals surface area contributed by atoms with Crippen LogP contribution >= 0.6 is 0 Å². The van der Waals surface area contributed by atoms with Gasteiger partial charge in [0.15, 0.2) is 0 Å². The zero-order valence-electron chi connectivity index (χ0n) is 14.1. The molecule has 0 spiro atoms. The molecule has 23 heavy (non-hydrogen) atoms. The zero-order chi connectivity index (χ0) is 17.5. The molecule has 1 atom stereocenters. The Kier molecular flexibility index (Phi) is 6.75. The average Bonchev–Trinajstić information content (AvgIpc) is 2.50. The first-order valence-electron chi connectivity index (χ1n) is 7.63. The highest BCUT2D eigenvalue weighted by atomic mass is 16.2. The SMILES string of the molecule is C[C@@H](NC(=O)C(C)(C)C)C(=O)NCCNC(=O)c1ccccc1. The van der Waals surface area contributed by atoms with Gasteiger partial charge < -0.3 is 16.0 Å². The molecule has 6 heteroatoms. The second-order valence-electron chi connectivity index (χ2n) is 6.36. The van der Waals surface area contributed by atoms with Gasteiger partial charge in [0.25, 0.3) is 5.91 Å². The maximum atomic E-state index is 11.9. The third kappa shape index (κ3) is 6.50. The maximum Gasteiger partial charge on any atom is 0.251 e. The molecule has 0 aliphatic heterocycles. The lowest BCUT2D eigenvalue weighted by atomic mass is 9.95. The zero-order valence-corrected chi connectivity index (χ0v) is 14.1. The molecule has 0 saturated heterocycles. The minimum Gasteiger partial charge on any atom is -0.353 e. The van der Waals surface area contributed by atoms with Gasteiger partial charge in [-0.3, -0.25) is 14.4 Å². The predicted molar refractivity (Wildman–Crippen MR) is 88.8 cm³/mol. The topological polar surface area (TPSA) is 87.3 Å². The molecule has 6 nitrogen and oxygen atoms in total. The van der Waals surface area contributed by atoms with Crippen LogP contribution in [0.5, 0.6) is 0 Å². The summed E-state index contributed by atoms with van der Waals surface area (Å²) in [4.78, 5) is 35.5. The molecule has 3 N–H and O–H groups in total. The van der Waals surface area contributed by atoms with Gasteiger partial charge in [0, 0.05) is 24.1 Å². The Balaban J connectivity index is 2.29. The molecule has 0 bridgehead atoms. The number of hydrogen-bond donors (Lipinski definition) is 3. The van der Waals surface area contributed by atoms with E-state index in [0.29, 0.717) is 18.7 Å². The van der Waals surface area contributed by atoms with Crippen LogP contribution in [0.15, 0.2) is 30.3 Å². The van der Waals surface area contributed by atoms with Crippen molar-refractivity contribution in [3.63, 3.8) is 0 Å². The molecular formula is C17H25N3O3. The van der Waals surface area contributed by atoms with Gasteiger partial charge in [-0.15, -0.1) is 0 Å². The van der Waals surface area contributed by atoms with Crippen molar-refractivity contribution >= 4 is 17.7 Å². The fourth-order valence-corrected chi connectivity index (χ4v) is 1.69. The average molecular weight is 319 g/mol. The minimum atomic E-state index is -0.619. The van der Waals surface area contributed by atoms with Crippen LogP contribution in [-0.2, 0) is 9.59 Å². The molecule has 0 aliphatic carbocycles. The number of carbonyl (C=O) groups excluding carboxylic acids is 3. The Morgan fingerprint density at radius 2 is 1.57 bits per heavy atom. The van der Waals surface area contributed by atoms with Crippen molar-refractivity contribution < 1.29 is 14.4 Å². The van der Waals surface area contributed by atoms with E-state index in [9.17, 15) is 14.4 Å². The Morgan fingerprint density at radius 3 is 2.13 bits per heavy atom. The largest absolute Gasteiger partial charge is 0.353 e. The third-order valence-corrected chi connectivity index (χ3v) is 3.17. The Labute approximate surface area is 137 Å². The summed E-state index contributed by atoms with van der Waals surface area (Å²) in [6, 6.07) is 8.24. The summed E-state index contributed by atoms with van der Waals surface area (Å²) in [6.07, 6.45) is 0. The second kappa shape index (κ2) is 8.31. The van der Waals surface area contributed by atoms with Crippen molar-refractivity contribution in [1.29, 1.82) is 0 Å². The van der Waals surface area contributed by atoms with Gasteiger partial charge >= 0.3 is 0 Å². The van der Waals surface area contributed by atoms with Crippen molar-refractivity contribution in [3.8, 4) is 0 Å². The van der Waals surface area contributed by atoms with Crippen molar-refractivity contribution in [1.82, 2.24) is 16.0 Å². The number of carbonyl (C=O) groups is 3.